The van der Waals surface area contributed by atoms with Gasteiger partial charge < -0.3 is 18.8 Å². The standard InChI is InChI=1S/C22H25N5O5/c1-12(2)19(28)25-22-24-18-17(20(29)26-22)23-11-27(18)14-8-15-16(30-9-14)10-31-21(32-15)13-6-4-3-5-7-13/h3-7,11-12,14-16,21H,8-10H2,1-2H3,(H2,24,25,26,28,29)/t14?,15?,16?,21-/m1/s1. The third-order valence-electron chi connectivity index (χ3n) is 5.80. The van der Waals surface area contributed by atoms with Crippen LogP contribution in [0.2, 0.25) is 0 Å². The van der Waals surface area contributed by atoms with Crippen LogP contribution in [0.3, 0.4) is 0 Å². The van der Waals surface area contributed by atoms with Crippen molar-refractivity contribution in [2.45, 2.75) is 44.8 Å². The number of hydrogen-bond acceptors (Lipinski definition) is 7. The van der Waals surface area contributed by atoms with Crippen molar-refractivity contribution in [3.63, 3.8) is 0 Å². The van der Waals surface area contributed by atoms with Crippen LogP contribution < -0.4 is 10.9 Å². The zero-order valence-electron chi connectivity index (χ0n) is 17.9. The van der Waals surface area contributed by atoms with Crippen molar-refractivity contribution >= 4 is 23.0 Å². The lowest BCUT2D eigenvalue weighted by molar-refractivity contribution is -0.282. The van der Waals surface area contributed by atoms with Gasteiger partial charge in [0.05, 0.1) is 31.7 Å². The van der Waals surface area contributed by atoms with Gasteiger partial charge in [0.2, 0.25) is 11.9 Å². The number of fused-ring (bicyclic) bond motifs is 2. The molecule has 2 aromatic heterocycles. The summed E-state index contributed by atoms with van der Waals surface area (Å²) in [6.45, 7) is 4.40. The monoisotopic (exact) mass is 439 g/mol. The Balaban J connectivity index is 1.39. The van der Waals surface area contributed by atoms with Crippen LogP contribution in [0.25, 0.3) is 11.2 Å². The van der Waals surface area contributed by atoms with E-state index in [1.54, 1.807) is 20.2 Å². The quantitative estimate of drug-likeness (QED) is 0.639. The van der Waals surface area contributed by atoms with Gasteiger partial charge in [-0.25, -0.2) is 4.98 Å². The third kappa shape index (κ3) is 3.92. The van der Waals surface area contributed by atoms with E-state index in [4.69, 9.17) is 14.2 Å². The number of anilines is 1. The number of aromatic nitrogens is 4. The van der Waals surface area contributed by atoms with Crippen molar-refractivity contribution in [2.75, 3.05) is 18.5 Å². The van der Waals surface area contributed by atoms with Gasteiger partial charge >= 0.3 is 0 Å². The van der Waals surface area contributed by atoms with Gasteiger partial charge in [0.1, 0.15) is 6.10 Å². The highest BCUT2D eigenvalue weighted by atomic mass is 16.7. The summed E-state index contributed by atoms with van der Waals surface area (Å²) in [6.07, 6.45) is 1.47. The lowest BCUT2D eigenvalue weighted by Gasteiger charge is -2.42. The molecule has 2 fully saturated rings. The lowest BCUT2D eigenvalue weighted by atomic mass is 10.0. The van der Waals surface area contributed by atoms with Crippen LogP contribution in [-0.2, 0) is 19.0 Å². The Morgan fingerprint density at radius 2 is 2.00 bits per heavy atom. The van der Waals surface area contributed by atoms with E-state index in [9.17, 15) is 9.59 Å². The summed E-state index contributed by atoms with van der Waals surface area (Å²) in [5.41, 5.74) is 1.16. The maximum atomic E-state index is 12.5. The normalized spacial score (nSPS) is 25.6. The molecule has 5 rings (SSSR count). The summed E-state index contributed by atoms with van der Waals surface area (Å²) >= 11 is 0. The molecule has 3 aromatic rings. The molecule has 168 valence electrons. The van der Waals surface area contributed by atoms with Gasteiger partial charge in [-0.05, 0) is 6.42 Å². The first-order chi connectivity index (χ1) is 15.5. The molecule has 2 aliphatic heterocycles. The van der Waals surface area contributed by atoms with E-state index in [2.05, 4.69) is 20.3 Å². The van der Waals surface area contributed by atoms with Crippen LogP contribution in [0.1, 0.15) is 38.2 Å². The number of rotatable bonds is 4. The SMILES string of the molecule is CC(C)C(=O)Nc1nc2c(ncn2C2COC3CO[C@@H](c4ccccc4)OC3C2)c(=O)[nH]1. The zero-order valence-corrected chi connectivity index (χ0v) is 17.9. The summed E-state index contributed by atoms with van der Waals surface area (Å²) < 4.78 is 19.9. The maximum absolute atomic E-state index is 12.5. The Morgan fingerprint density at radius 3 is 2.78 bits per heavy atom. The number of aromatic amines is 1. The lowest BCUT2D eigenvalue weighted by Crippen LogP contribution is -2.48. The molecule has 4 atom stereocenters. The predicted octanol–water partition coefficient (Wildman–Crippen LogP) is 2.16. The molecule has 10 nitrogen and oxygen atoms in total. The maximum Gasteiger partial charge on any atom is 0.280 e. The molecule has 2 saturated heterocycles. The van der Waals surface area contributed by atoms with Crippen LogP contribution >= 0.6 is 0 Å². The number of carbonyl (C=O) groups excluding carboxylic acids is 1. The van der Waals surface area contributed by atoms with Crippen molar-refractivity contribution in [3.05, 3.63) is 52.6 Å². The van der Waals surface area contributed by atoms with Crippen molar-refractivity contribution < 1.29 is 19.0 Å². The van der Waals surface area contributed by atoms with E-state index in [1.165, 1.54) is 0 Å². The Bertz CT molecular complexity index is 1170. The van der Waals surface area contributed by atoms with Gasteiger partial charge in [-0.15, -0.1) is 0 Å². The number of imidazole rings is 1. The fourth-order valence-corrected chi connectivity index (χ4v) is 4.00. The molecule has 32 heavy (non-hydrogen) atoms. The van der Waals surface area contributed by atoms with Gasteiger partial charge in [0.15, 0.2) is 17.5 Å². The number of hydrogen-bond donors (Lipinski definition) is 2. The van der Waals surface area contributed by atoms with E-state index in [-0.39, 0.29) is 41.5 Å². The highest BCUT2D eigenvalue weighted by molar-refractivity contribution is 5.91. The molecular formula is C22H25N5O5. The van der Waals surface area contributed by atoms with E-state index in [0.717, 1.165) is 5.56 Å². The molecule has 4 heterocycles. The molecule has 1 aromatic carbocycles. The first-order valence-electron chi connectivity index (χ1n) is 10.7. The molecular weight excluding hydrogens is 414 g/mol. The minimum atomic E-state index is -0.446. The summed E-state index contributed by atoms with van der Waals surface area (Å²) in [5.74, 6) is -0.373. The number of nitrogens with zero attached hydrogens (tertiary/aromatic N) is 3. The van der Waals surface area contributed by atoms with Crippen LogP contribution in [0.4, 0.5) is 5.95 Å². The first-order valence-corrected chi connectivity index (χ1v) is 10.7. The number of amides is 1. The minimum absolute atomic E-state index is 0.101. The van der Waals surface area contributed by atoms with Crippen LogP contribution in [0.5, 0.6) is 0 Å². The number of nitrogens with one attached hydrogen (secondary N) is 2. The molecule has 0 spiro atoms. The van der Waals surface area contributed by atoms with Gasteiger partial charge in [-0.1, -0.05) is 44.2 Å². The Labute approximate surface area is 183 Å². The van der Waals surface area contributed by atoms with E-state index >= 15 is 0 Å². The average Bonchev–Trinajstić information content (AvgIpc) is 3.23. The molecule has 3 unspecified atom stereocenters. The summed E-state index contributed by atoms with van der Waals surface area (Å²) in [4.78, 5) is 35.8. The van der Waals surface area contributed by atoms with E-state index in [0.29, 0.717) is 25.3 Å². The number of ether oxygens (including phenoxy) is 3. The Hall–Kier alpha value is -3.08. The highest BCUT2D eigenvalue weighted by Crippen LogP contribution is 2.35. The van der Waals surface area contributed by atoms with Gasteiger partial charge in [0, 0.05) is 11.5 Å². The van der Waals surface area contributed by atoms with Gasteiger partial charge in [-0.2, -0.15) is 4.98 Å². The molecule has 0 aliphatic carbocycles. The average molecular weight is 439 g/mol. The van der Waals surface area contributed by atoms with Crippen molar-refractivity contribution in [3.8, 4) is 0 Å². The highest BCUT2D eigenvalue weighted by Gasteiger charge is 2.39. The summed E-state index contributed by atoms with van der Waals surface area (Å²) in [7, 11) is 0. The first kappa shape index (κ1) is 20.8. The van der Waals surface area contributed by atoms with Crippen LogP contribution in [0.15, 0.2) is 41.5 Å². The summed E-state index contributed by atoms with van der Waals surface area (Å²) in [6, 6.07) is 9.66. The second-order valence-electron chi connectivity index (χ2n) is 8.39. The van der Waals surface area contributed by atoms with Gasteiger partial charge in [0.25, 0.3) is 5.56 Å². The molecule has 1 amide bonds. The van der Waals surface area contributed by atoms with Crippen molar-refractivity contribution in [2.24, 2.45) is 5.92 Å². The molecule has 2 N–H and O–H groups in total. The van der Waals surface area contributed by atoms with Crippen molar-refractivity contribution in [1.82, 2.24) is 19.5 Å². The van der Waals surface area contributed by atoms with E-state index in [1.807, 2.05) is 34.9 Å². The molecule has 0 bridgehead atoms. The fourth-order valence-electron chi connectivity index (χ4n) is 4.00. The zero-order chi connectivity index (χ0) is 22.2. The molecule has 0 saturated carbocycles. The third-order valence-corrected chi connectivity index (χ3v) is 5.80. The number of carbonyl (C=O) groups is 1. The summed E-state index contributed by atoms with van der Waals surface area (Å²) in [5, 5.41) is 2.64. The van der Waals surface area contributed by atoms with Gasteiger partial charge in [-0.3, -0.25) is 19.9 Å². The Kier molecular flexibility index (Phi) is 5.50. The Morgan fingerprint density at radius 1 is 1.19 bits per heavy atom. The number of benzene rings is 1. The topological polar surface area (TPSA) is 120 Å². The fraction of sp³-hybridized carbons (Fsp3) is 0.455. The molecule has 2 aliphatic rings. The largest absolute Gasteiger partial charge is 0.371 e. The van der Waals surface area contributed by atoms with Crippen LogP contribution in [-0.4, -0.2) is 50.8 Å². The number of H-pyrrole nitrogens is 1. The second-order valence-corrected chi connectivity index (χ2v) is 8.39. The predicted molar refractivity (Wildman–Crippen MR) is 115 cm³/mol. The van der Waals surface area contributed by atoms with E-state index < -0.39 is 11.8 Å². The van der Waals surface area contributed by atoms with Crippen molar-refractivity contribution in [1.29, 1.82) is 0 Å². The minimum Gasteiger partial charge on any atom is -0.371 e. The molecule has 10 heteroatoms. The second kappa shape index (κ2) is 8.45. The molecule has 0 radical (unpaired) electrons. The smallest absolute Gasteiger partial charge is 0.280 e. The van der Waals surface area contributed by atoms with Crippen LogP contribution in [0, 0.1) is 5.92 Å².